The van der Waals surface area contributed by atoms with Crippen molar-refractivity contribution in [3.05, 3.63) is 71.8 Å². The number of hydrogen-bond donors (Lipinski definition) is 1. The zero-order chi connectivity index (χ0) is 19.8. The fraction of sp³-hybridized carbons (Fsp3) is 0.158. The molecule has 0 atom stereocenters. The maximum Gasteiger partial charge on any atom is 0.338 e. The lowest BCUT2D eigenvalue weighted by Crippen LogP contribution is -2.32. The SMILES string of the molecule is O=C(COC(=O)c1ccc(-n2cncn2)cc1)NCCOc1ccc(Cl)cc1. The van der Waals surface area contributed by atoms with Crippen LogP contribution < -0.4 is 10.1 Å². The second kappa shape index (κ2) is 9.52. The molecule has 0 unspecified atom stereocenters. The molecule has 9 heteroatoms. The van der Waals surface area contributed by atoms with E-state index >= 15 is 0 Å². The largest absolute Gasteiger partial charge is 0.492 e. The highest BCUT2D eigenvalue weighted by atomic mass is 35.5. The molecule has 0 spiro atoms. The third kappa shape index (κ3) is 5.55. The first-order valence-corrected chi connectivity index (χ1v) is 8.77. The number of nitrogens with zero attached hydrogens (tertiary/aromatic N) is 3. The van der Waals surface area contributed by atoms with Crippen molar-refractivity contribution in [3.63, 3.8) is 0 Å². The molecular formula is C19H17ClN4O4. The number of rotatable bonds is 8. The second-order valence-electron chi connectivity index (χ2n) is 5.62. The van der Waals surface area contributed by atoms with E-state index in [0.717, 1.165) is 5.69 Å². The summed E-state index contributed by atoms with van der Waals surface area (Å²) in [6.45, 7) is 0.196. The molecule has 2 aromatic carbocycles. The van der Waals surface area contributed by atoms with E-state index < -0.39 is 11.9 Å². The Kier molecular flexibility index (Phi) is 6.59. The molecule has 0 fully saturated rings. The average Bonchev–Trinajstić information content (AvgIpc) is 3.26. The maximum absolute atomic E-state index is 12.0. The summed E-state index contributed by atoms with van der Waals surface area (Å²) in [4.78, 5) is 27.6. The number of halogens is 1. The Morgan fingerprint density at radius 2 is 1.82 bits per heavy atom. The minimum absolute atomic E-state index is 0.283. The van der Waals surface area contributed by atoms with Gasteiger partial charge in [-0.05, 0) is 48.5 Å². The third-order valence-electron chi connectivity index (χ3n) is 3.63. The molecule has 28 heavy (non-hydrogen) atoms. The number of esters is 1. The Labute approximate surface area is 166 Å². The lowest BCUT2D eigenvalue weighted by molar-refractivity contribution is -0.124. The minimum Gasteiger partial charge on any atom is -0.492 e. The quantitative estimate of drug-likeness (QED) is 0.460. The number of ether oxygens (including phenoxy) is 2. The Hall–Kier alpha value is -3.39. The zero-order valence-corrected chi connectivity index (χ0v) is 15.5. The van der Waals surface area contributed by atoms with E-state index in [2.05, 4.69) is 15.4 Å². The molecular weight excluding hydrogens is 384 g/mol. The van der Waals surface area contributed by atoms with E-state index in [0.29, 0.717) is 16.3 Å². The molecule has 1 N–H and O–H groups in total. The normalized spacial score (nSPS) is 10.3. The van der Waals surface area contributed by atoms with Crippen LogP contribution in [0.4, 0.5) is 0 Å². The van der Waals surface area contributed by atoms with Crippen LogP contribution in [0.15, 0.2) is 61.2 Å². The molecule has 0 saturated heterocycles. The molecule has 3 rings (SSSR count). The Morgan fingerprint density at radius 3 is 2.50 bits per heavy atom. The number of carbonyl (C=O) groups is 2. The first kappa shape index (κ1) is 19.4. The molecule has 144 valence electrons. The third-order valence-corrected chi connectivity index (χ3v) is 3.88. The van der Waals surface area contributed by atoms with Crippen molar-refractivity contribution in [3.8, 4) is 11.4 Å². The van der Waals surface area contributed by atoms with Crippen LogP contribution in [0, 0.1) is 0 Å². The molecule has 1 heterocycles. The van der Waals surface area contributed by atoms with E-state index in [4.69, 9.17) is 21.1 Å². The number of hydrogen-bond acceptors (Lipinski definition) is 6. The van der Waals surface area contributed by atoms with Gasteiger partial charge in [-0.25, -0.2) is 14.5 Å². The van der Waals surface area contributed by atoms with Gasteiger partial charge in [0.2, 0.25) is 0 Å². The molecule has 3 aromatic rings. The van der Waals surface area contributed by atoms with Crippen molar-refractivity contribution in [2.24, 2.45) is 0 Å². The van der Waals surface area contributed by atoms with Gasteiger partial charge in [0, 0.05) is 5.02 Å². The van der Waals surface area contributed by atoms with E-state index in [1.807, 2.05) is 0 Å². The number of carbonyl (C=O) groups excluding carboxylic acids is 2. The number of nitrogens with one attached hydrogen (secondary N) is 1. The van der Waals surface area contributed by atoms with Crippen LogP contribution >= 0.6 is 11.6 Å². The highest BCUT2D eigenvalue weighted by Gasteiger charge is 2.10. The van der Waals surface area contributed by atoms with Crippen LogP contribution in [0.25, 0.3) is 5.69 Å². The van der Waals surface area contributed by atoms with Crippen LogP contribution in [-0.2, 0) is 9.53 Å². The topological polar surface area (TPSA) is 95.3 Å². The van der Waals surface area contributed by atoms with Gasteiger partial charge >= 0.3 is 5.97 Å². The summed E-state index contributed by atoms with van der Waals surface area (Å²) in [7, 11) is 0. The van der Waals surface area contributed by atoms with Crippen molar-refractivity contribution in [1.29, 1.82) is 0 Å². The van der Waals surface area contributed by atoms with Gasteiger partial charge in [0.05, 0.1) is 17.8 Å². The van der Waals surface area contributed by atoms with E-state index in [1.165, 1.54) is 6.33 Å². The molecule has 1 aromatic heterocycles. The number of benzene rings is 2. The molecule has 0 aliphatic carbocycles. The van der Waals surface area contributed by atoms with Crippen molar-refractivity contribution in [1.82, 2.24) is 20.1 Å². The maximum atomic E-state index is 12.0. The highest BCUT2D eigenvalue weighted by molar-refractivity contribution is 6.30. The van der Waals surface area contributed by atoms with Crippen LogP contribution in [0.3, 0.4) is 0 Å². The first-order chi connectivity index (χ1) is 13.6. The van der Waals surface area contributed by atoms with Gasteiger partial charge < -0.3 is 14.8 Å². The number of aromatic nitrogens is 3. The predicted octanol–water partition coefficient (Wildman–Crippen LogP) is 2.27. The number of amides is 1. The van der Waals surface area contributed by atoms with Crippen molar-refractivity contribution in [2.75, 3.05) is 19.8 Å². The highest BCUT2D eigenvalue weighted by Crippen LogP contribution is 2.15. The van der Waals surface area contributed by atoms with Gasteiger partial charge in [-0.15, -0.1) is 0 Å². The first-order valence-electron chi connectivity index (χ1n) is 8.39. The lowest BCUT2D eigenvalue weighted by Gasteiger charge is -2.09. The van der Waals surface area contributed by atoms with Crippen molar-refractivity contribution >= 4 is 23.5 Å². The van der Waals surface area contributed by atoms with Gasteiger partial charge in [-0.1, -0.05) is 11.6 Å². The molecule has 0 radical (unpaired) electrons. The van der Waals surface area contributed by atoms with E-state index in [1.54, 1.807) is 59.5 Å². The molecule has 0 aliphatic heterocycles. The average molecular weight is 401 g/mol. The monoisotopic (exact) mass is 400 g/mol. The summed E-state index contributed by atoms with van der Waals surface area (Å²) in [6.07, 6.45) is 2.97. The fourth-order valence-electron chi connectivity index (χ4n) is 2.25. The summed E-state index contributed by atoms with van der Waals surface area (Å²) >= 11 is 5.79. The van der Waals surface area contributed by atoms with E-state index in [9.17, 15) is 9.59 Å². The summed E-state index contributed by atoms with van der Waals surface area (Å²) in [5.74, 6) is -0.343. The molecule has 8 nitrogen and oxygen atoms in total. The van der Waals surface area contributed by atoms with Crippen LogP contribution in [-0.4, -0.2) is 46.4 Å². The van der Waals surface area contributed by atoms with Crippen LogP contribution in [0.5, 0.6) is 5.75 Å². The minimum atomic E-state index is -0.585. The van der Waals surface area contributed by atoms with Crippen LogP contribution in [0.1, 0.15) is 10.4 Å². The summed E-state index contributed by atoms with van der Waals surface area (Å²) in [5, 5.41) is 7.23. The fourth-order valence-corrected chi connectivity index (χ4v) is 2.37. The predicted molar refractivity (Wildman–Crippen MR) is 102 cm³/mol. The van der Waals surface area contributed by atoms with Crippen molar-refractivity contribution in [2.45, 2.75) is 0 Å². The summed E-state index contributed by atoms with van der Waals surface area (Å²) in [6, 6.07) is 13.5. The van der Waals surface area contributed by atoms with Gasteiger partial charge in [0.15, 0.2) is 6.61 Å². The molecule has 0 aliphatic rings. The van der Waals surface area contributed by atoms with Crippen molar-refractivity contribution < 1.29 is 19.1 Å². The molecule has 0 saturated carbocycles. The Bertz CT molecular complexity index is 912. The Balaban J connectivity index is 1.36. The summed E-state index contributed by atoms with van der Waals surface area (Å²) < 4.78 is 12.0. The Morgan fingerprint density at radius 1 is 1.07 bits per heavy atom. The van der Waals surface area contributed by atoms with Crippen LogP contribution in [0.2, 0.25) is 5.02 Å². The van der Waals surface area contributed by atoms with Gasteiger partial charge in [-0.2, -0.15) is 5.10 Å². The zero-order valence-electron chi connectivity index (χ0n) is 14.7. The van der Waals surface area contributed by atoms with E-state index in [-0.39, 0.29) is 19.8 Å². The van der Waals surface area contributed by atoms with Gasteiger partial charge in [0.25, 0.3) is 5.91 Å². The van der Waals surface area contributed by atoms with Gasteiger partial charge in [0.1, 0.15) is 25.0 Å². The standard InChI is InChI=1S/C19H17ClN4O4/c20-15-3-7-17(8-4-15)27-10-9-22-18(25)11-28-19(26)14-1-5-16(6-2-14)24-13-21-12-23-24/h1-8,12-13H,9-11H2,(H,22,25). The second-order valence-corrected chi connectivity index (χ2v) is 6.05. The smallest absolute Gasteiger partial charge is 0.338 e. The lowest BCUT2D eigenvalue weighted by atomic mass is 10.2. The molecule has 1 amide bonds. The molecule has 0 bridgehead atoms. The van der Waals surface area contributed by atoms with Gasteiger partial charge in [-0.3, -0.25) is 4.79 Å². The summed E-state index contributed by atoms with van der Waals surface area (Å²) in [5.41, 5.74) is 1.09.